The van der Waals surface area contributed by atoms with Crippen molar-refractivity contribution < 1.29 is 28.7 Å². The lowest BCUT2D eigenvalue weighted by Crippen LogP contribution is -2.43. The van der Waals surface area contributed by atoms with Gasteiger partial charge in [0.2, 0.25) is 8.32 Å². The summed E-state index contributed by atoms with van der Waals surface area (Å²) in [7, 11) is -0.491. The highest BCUT2D eigenvalue weighted by Gasteiger charge is 2.39. The fourth-order valence-corrected chi connectivity index (χ4v) is 9.22. The number of hydrogen-bond acceptors (Lipinski definition) is 12. The van der Waals surface area contributed by atoms with Crippen LogP contribution in [0.2, 0.25) is 18.1 Å². The molecule has 75 heavy (non-hydrogen) atoms. The van der Waals surface area contributed by atoms with Gasteiger partial charge >= 0.3 is 5.97 Å². The summed E-state index contributed by atoms with van der Waals surface area (Å²) in [6, 6.07) is 33.5. The number of ether oxygens (including phenoxy) is 1. The summed E-state index contributed by atoms with van der Waals surface area (Å²) in [4.78, 5) is 62.7. The van der Waals surface area contributed by atoms with E-state index in [1.54, 1.807) is 42.9 Å². The quantitative estimate of drug-likeness (QED) is 0.0826. The lowest BCUT2D eigenvalue weighted by atomic mass is 9.99. The lowest BCUT2D eigenvalue weighted by molar-refractivity contribution is 0.0599. The molecule has 6 heterocycles. The van der Waals surface area contributed by atoms with Crippen LogP contribution in [0.1, 0.15) is 91.2 Å². The summed E-state index contributed by atoms with van der Waals surface area (Å²) in [5.74, 6) is 0.545. The third-order valence-electron chi connectivity index (χ3n) is 12.5. The van der Waals surface area contributed by atoms with E-state index in [4.69, 9.17) is 9.16 Å². The molecular formula is C59H59Br3N6O6Si. The number of fused-ring (bicyclic) bond motifs is 3. The summed E-state index contributed by atoms with van der Waals surface area (Å²) < 4.78 is 13.7. The molecule has 1 N–H and O–H groups in total. The van der Waals surface area contributed by atoms with Gasteiger partial charge in [0.15, 0.2) is 11.6 Å². The van der Waals surface area contributed by atoms with Crippen molar-refractivity contribution >= 4 is 107 Å². The first kappa shape index (κ1) is 57.7. The first-order valence-corrected chi connectivity index (χ1v) is 29.2. The first-order valence-electron chi connectivity index (χ1n) is 23.9. The Morgan fingerprint density at radius 1 is 0.533 bits per heavy atom. The lowest BCUT2D eigenvalue weighted by Gasteiger charge is -2.36. The van der Waals surface area contributed by atoms with E-state index in [2.05, 4.69) is 112 Å². The Bertz CT molecular complexity index is 3390. The number of carbonyl (C=O) groups excluding carboxylic acids is 3. The maximum Gasteiger partial charge on any atom is 0.338 e. The van der Waals surface area contributed by atoms with Crippen LogP contribution in [-0.2, 0) is 17.6 Å². The standard InChI is InChI=1S/C18H15BrN2O.C17H13BrN2O2.C15H24O3Si.C9H7BrN2/c1-11-3-4-12(2)15(7-11)18(22)9-14-5-6-16-17(21-14)8-13(19)10-20-16;1-10-2-4-13(21)8-14(10)17(22)7-12-3-5-15-16(20-12)6-11(18)9-19-15;1-11-8-9-12(10-13(11)14(16)17-5)18-19(6,7)15(2,3)4;1-6-2-3-8-9(12-6)4-7(10)5-11-8/h3-8,10H,9H2,1-2H3;2-6,8-9,21H,7H2,1H3;8-10H,1-7H3;2-5H,1H3. The Kier molecular flexibility index (Phi) is 19.5. The molecule has 0 aliphatic rings. The van der Waals surface area contributed by atoms with Crippen LogP contribution in [0.4, 0.5) is 0 Å². The van der Waals surface area contributed by atoms with E-state index in [0.29, 0.717) is 23.2 Å². The Morgan fingerprint density at radius 2 is 0.973 bits per heavy atom. The molecule has 0 bridgehead atoms. The molecule has 386 valence electrons. The molecule has 6 aromatic heterocycles. The minimum Gasteiger partial charge on any atom is -0.543 e. The number of methoxy groups -OCH3 is 1. The molecule has 0 atom stereocenters. The number of aryl methyl sites for hydroxylation is 5. The van der Waals surface area contributed by atoms with Gasteiger partial charge in [-0.2, -0.15) is 0 Å². The SMILES string of the molecule is COC(=O)c1cc(O[Si](C)(C)C(C)(C)C)ccc1C.Cc1ccc(C)c(C(=O)Cc2ccc3ncc(Br)cc3n2)c1.Cc1ccc(O)cc1C(=O)Cc1ccc2ncc(Br)cc2n1.Cc1ccc2ncc(Br)cc2n1. The van der Waals surface area contributed by atoms with Gasteiger partial charge in [0, 0.05) is 60.2 Å². The molecule has 0 spiro atoms. The van der Waals surface area contributed by atoms with E-state index in [1.807, 2.05) is 113 Å². The molecule has 9 rings (SSSR count). The molecule has 12 nitrogen and oxygen atoms in total. The van der Waals surface area contributed by atoms with Gasteiger partial charge in [-0.25, -0.2) is 4.79 Å². The number of esters is 1. The molecule has 0 amide bonds. The summed E-state index contributed by atoms with van der Waals surface area (Å²) >= 11 is 10.1. The molecule has 9 aromatic rings. The first-order chi connectivity index (χ1) is 35.4. The van der Waals surface area contributed by atoms with Crippen molar-refractivity contribution in [1.29, 1.82) is 0 Å². The van der Waals surface area contributed by atoms with Gasteiger partial charge in [-0.15, -0.1) is 0 Å². The second kappa shape index (κ2) is 25.3. The predicted molar refractivity (Wildman–Crippen MR) is 312 cm³/mol. The smallest absolute Gasteiger partial charge is 0.338 e. The largest absolute Gasteiger partial charge is 0.543 e. The monoisotopic (exact) mass is 1210 g/mol. The summed E-state index contributed by atoms with van der Waals surface area (Å²) in [6.07, 6.45) is 5.72. The fourth-order valence-electron chi connectivity index (χ4n) is 7.24. The van der Waals surface area contributed by atoms with Crippen molar-refractivity contribution in [3.8, 4) is 11.5 Å². The van der Waals surface area contributed by atoms with E-state index in [9.17, 15) is 19.5 Å². The van der Waals surface area contributed by atoms with Crippen molar-refractivity contribution in [2.24, 2.45) is 0 Å². The number of rotatable bonds is 9. The van der Waals surface area contributed by atoms with Crippen LogP contribution >= 0.6 is 47.8 Å². The molecule has 0 fully saturated rings. The highest BCUT2D eigenvalue weighted by molar-refractivity contribution is 9.11. The van der Waals surface area contributed by atoms with E-state index in [1.165, 1.54) is 13.2 Å². The highest BCUT2D eigenvalue weighted by atomic mass is 79.9. The van der Waals surface area contributed by atoms with Crippen molar-refractivity contribution in [2.45, 2.75) is 86.4 Å². The second-order valence-corrected chi connectivity index (χ2v) is 27.0. The van der Waals surface area contributed by atoms with Crippen LogP contribution in [-0.4, -0.2) is 68.0 Å². The third kappa shape index (κ3) is 16.0. The topological polar surface area (TPSA) is 167 Å². The number of carbonyl (C=O) groups is 3. The van der Waals surface area contributed by atoms with Crippen molar-refractivity contribution in [3.63, 3.8) is 0 Å². The zero-order valence-electron chi connectivity index (χ0n) is 43.8. The van der Waals surface area contributed by atoms with Crippen LogP contribution in [0.25, 0.3) is 33.1 Å². The number of phenols is 1. The van der Waals surface area contributed by atoms with Crippen LogP contribution in [0, 0.1) is 34.6 Å². The fraction of sp³-hybridized carbons (Fsp3) is 0.237. The maximum absolute atomic E-state index is 12.5. The molecule has 0 saturated carbocycles. The zero-order valence-corrected chi connectivity index (χ0v) is 49.6. The molecule has 3 aromatic carbocycles. The van der Waals surface area contributed by atoms with Crippen LogP contribution in [0.3, 0.4) is 0 Å². The number of pyridine rings is 6. The number of aromatic hydroxyl groups is 1. The summed E-state index contributed by atoms with van der Waals surface area (Å²) in [5.41, 5.74) is 13.2. The van der Waals surface area contributed by atoms with Gasteiger partial charge in [0.1, 0.15) is 11.5 Å². The number of ketones is 2. The third-order valence-corrected chi connectivity index (χ3v) is 18.1. The molecular weight excluding hydrogens is 1160 g/mol. The minimum absolute atomic E-state index is 0.0665. The molecule has 0 saturated heterocycles. The number of halogens is 3. The molecule has 0 unspecified atom stereocenters. The number of hydrogen-bond donors (Lipinski definition) is 1. The molecule has 16 heteroatoms. The highest BCUT2D eigenvalue weighted by Crippen LogP contribution is 2.38. The molecule has 0 aliphatic carbocycles. The van der Waals surface area contributed by atoms with Gasteiger partial charge in [-0.05, 0) is 202 Å². The van der Waals surface area contributed by atoms with Crippen LogP contribution in [0.15, 0.2) is 141 Å². The molecule has 0 aliphatic heterocycles. The average molecular weight is 1220 g/mol. The Morgan fingerprint density at radius 3 is 1.47 bits per heavy atom. The van der Waals surface area contributed by atoms with E-state index < -0.39 is 8.32 Å². The van der Waals surface area contributed by atoms with E-state index in [0.717, 1.165) is 91.5 Å². The van der Waals surface area contributed by atoms with Gasteiger partial charge in [-0.3, -0.25) is 39.5 Å². The minimum atomic E-state index is -1.88. The van der Waals surface area contributed by atoms with Crippen molar-refractivity contribution in [2.75, 3.05) is 7.11 Å². The van der Waals surface area contributed by atoms with Gasteiger partial charge in [0.25, 0.3) is 0 Å². The predicted octanol–water partition coefficient (Wildman–Crippen LogP) is 15.1. The normalized spacial score (nSPS) is 11.1. The van der Waals surface area contributed by atoms with Gasteiger partial charge in [-0.1, -0.05) is 50.6 Å². The van der Waals surface area contributed by atoms with Gasteiger partial charge < -0.3 is 14.3 Å². The van der Waals surface area contributed by atoms with E-state index >= 15 is 0 Å². The van der Waals surface area contributed by atoms with Crippen molar-refractivity contribution in [1.82, 2.24) is 29.9 Å². The number of Topliss-reactive ketones (excluding diaryl/α,β-unsaturated/α-hetero) is 2. The maximum atomic E-state index is 12.5. The van der Waals surface area contributed by atoms with E-state index in [-0.39, 0.29) is 34.7 Å². The number of aromatic nitrogens is 6. The number of nitrogens with zero attached hydrogens (tertiary/aromatic N) is 6. The van der Waals surface area contributed by atoms with Crippen molar-refractivity contribution in [3.05, 3.63) is 197 Å². The van der Waals surface area contributed by atoms with Crippen LogP contribution < -0.4 is 4.43 Å². The van der Waals surface area contributed by atoms with Crippen LogP contribution in [0.5, 0.6) is 11.5 Å². The Labute approximate surface area is 464 Å². The Balaban J connectivity index is 0.000000166. The number of phenolic OH excluding ortho intramolecular Hbond substituents is 1. The number of benzene rings is 3. The Hall–Kier alpha value is -6.59. The molecule has 0 radical (unpaired) electrons. The average Bonchev–Trinajstić information content (AvgIpc) is 3.35. The zero-order chi connectivity index (χ0) is 54.8. The second-order valence-electron chi connectivity index (χ2n) is 19.5. The summed E-state index contributed by atoms with van der Waals surface area (Å²) in [6.45, 7) is 20.6. The van der Waals surface area contributed by atoms with Gasteiger partial charge in [0.05, 0.1) is 58.6 Å². The summed E-state index contributed by atoms with van der Waals surface area (Å²) in [5, 5.41) is 9.67.